The smallest absolute Gasteiger partial charge is 0.426 e. The first kappa shape index (κ1) is 14.8. The first-order valence-corrected chi connectivity index (χ1v) is 5.67. The summed E-state index contributed by atoms with van der Waals surface area (Å²) in [6, 6.07) is 4.16. The minimum Gasteiger partial charge on any atom is -0.475 e. The summed E-state index contributed by atoms with van der Waals surface area (Å²) in [5.74, 6) is -3.47. The molecule has 0 bridgehead atoms. The van der Waals surface area contributed by atoms with Crippen LogP contribution in [0.15, 0.2) is 24.4 Å². The third-order valence-electron chi connectivity index (χ3n) is 2.75. The number of Topliss-reactive ketones (excluding diaryl/α,β-unsaturated/α-hetero) is 1. The van der Waals surface area contributed by atoms with Crippen molar-refractivity contribution in [2.45, 2.75) is 12.7 Å². The van der Waals surface area contributed by atoms with Gasteiger partial charge < -0.3 is 9.84 Å². The van der Waals surface area contributed by atoms with Gasteiger partial charge in [-0.2, -0.15) is 22.1 Å². The summed E-state index contributed by atoms with van der Waals surface area (Å²) in [5.41, 5.74) is -0.665. The van der Waals surface area contributed by atoms with Gasteiger partial charge in [-0.05, 0) is 6.07 Å². The zero-order valence-corrected chi connectivity index (χ0v) is 10.7. The molecule has 112 valence electrons. The number of aromatic nitrogens is 2. The van der Waals surface area contributed by atoms with Crippen molar-refractivity contribution in [3.8, 4) is 5.88 Å². The van der Waals surface area contributed by atoms with E-state index in [-0.39, 0.29) is 5.65 Å². The van der Waals surface area contributed by atoms with Crippen molar-refractivity contribution in [1.29, 1.82) is 0 Å². The quantitative estimate of drug-likeness (QED) is 0.395. The fourth-order valence-electron chi connectivity index (χ4n) is 1.92. The van der Waals surface area contributed by atoms with E-state index in [1.54, 1.807) is 0 Å². The Balaban J connectivity index is 2.70. The van der Waals surface area contributed by atoms with Gasteiger partial charge in [0.1, 0.15) is 0 Å². The van der Waals surface area contributed by atoms with Crippen LogP contribution in [0.2, 0.25) is 0 Å². The molecule has 2 aromatic rings. The number of hydrogen-bond donors (Lipinski definition) is 1. The van der Waals surface area contributed by atoms with Gasteiger partial charge in [0.2, 0.25) is 0 Å². The number of imidazole rings is 1. The molecule has 0 aliphatic rings. The van der Waals surface area contributed by atoms with Crippen molar-refractivity contribution in [2.24, 2.45) is 0 Å². The maximum Gasteiger partial charge on any atom is 0.426 e. The molecule has 2 heterocycles. The number of nitrogens with zero attached hydrogens (tertiary/aromatic N) is 2. The van der Waals surface area contributed by atoms with Crippen LogP contribution in [0, 0.1) is 0 Å². The van der Waals surface area contributed by atoms with Crippen LogP contribution in [-0.4, -0.2) is 34.5 Å². The lowest BCUT2D eigenvalue weighted by Gasteiger charge is -2.03. The molecule has 0 aliphatic carbocycles. The first-order chi connectivity index (χ1) is 9.76. The largest absolute Gasteiger partial charge is 0.475 e. The third kappa shape index (κ3) is 2.67. The summed E-state index contributed by atoms with van der Waals surface area (Å²) in [7, 11) is 0.955. The molecule has 1 N–H and O–H groups in total. The Labute approximate surface area is 116 Å². The molecule has 0 saturated carbocycles. The van der Waals surface area contributed by atoms with E-state index in [0.29, 0.717) is 4.57 Å². The van der Waals surface area contributed by atoms with Gasteiger partial charge in [-0.1, -0.05) is 6.07 Å². The van der Waals surface area contributed by atoms with Crippen molar-refractivity contribution in [3.63, 3.8) is 0 Å². The van der Waals surface area contributed by atoms with Gasteiger partial charge in [0.15, 0.2) is 6.54 Å². The van der Waals surface area contributed by atoms with Gasteiger partial charge in [0, 0.05) is 6.07 Å². The van der Waals surface area contributed by atoms with Crippen LogP contribution >= 0.6 is 0 Å². The number of esters is 1. The van der Waals surface area contributed by atoms with Gasteiger partial charge >= 0.3 is 23.8 Å². The Morgan fingerprint density at radius 2 is 2.05 bits per heavy atom. The Hall–Kier alpha value is -2.58. The van der Waals surface area contributed by atoms with Crippen LogP contribution in [0.1, 0.15) is 10.5 Å². The predicted octanol–water partition coefficient (Wildman–Crippen LogP) is 0.850. The van der Waals surface area contributed by atoms with Gasteiger partial charge in [0.25, 0.3) is 11.3 Å². The summed E-state index contributed by atoms with van der Waals surface area (Å²) in [5, 5.41) is 9.90. The van der Waals surface area contributed by atoms with Crippen molar-refractivity contribution < 1.29 is 37.2 Å². The fraction of sp³-hybridized carbons (Fsp3) is 0.250. The monoisotopic (exact) mass is 303 g/mol. The molecule has 0 unspecified atom stereocenters. The number of carbonyl (C=O) groups excluding carboxylic acids is 2. The summed E-state index contributed by atoms with van der Waals surface area (Å²) >= 11 is 0. The van der Waals surface area contributed by atoms with E-state index >= 15 is 0 Å². The van der Waals surface area contributed by atoms with E-state index < -0.39 is 36.0 Å². The predicted molar refractivity (Wildman–Crippen MR) is 61.7 cm³/mol. The Bertz CT molecular complexity index is 721. The van der Waals surface area contributed by atoms with Crippen LogP contribution in [0.25, 0.3) is 5.65 Å². The third-order valence-corrected chi connectivity index (χ3v) is 2.75. The van der Waals surface area contributed by atoms with E-state index in [0.717, 1.165) is 11.5 Å². The molecule has 0 atom stereocenters. The average Bonchev–Trinajstić information content (AvgIpc) is 2.69. The van der Waals surface area contributed by atoms with Crippen LogP contribution in [0.5, 0.6) is 5.88 Å². The van der Waals surface area contributed by atoms with E-state index in [1.807, 2.05) is 0 Å². The van der Waals surface area contributed by atoms with Crippen molar-refractivity contribution in [1.82, 2.24) is 4.40 Å². The Kier molecular flexibility index (Phi) is 3.58. The molecule has 6 nitrogen and oxygen atoms in total. The lowest BCUT2D eigenvalue weighted by Crippen LogP contribution is -2.41. The molecule has 21 heavy (non-hydrogen) atoms. The van der Waals surface area contributed by atoms with E-state index in [1.165, 1.54) is 24.4 Å². The number of ether oxygens (including phenoxy) is 1. The van der Waals surface area contributed by atoms with E-state index in [2.05, 4.69) is 4.74 Å². The summed E-state index contributed by atoms with van der Waals surface area (Å²) in [6.45, 7) is -1.50. The molecule has 2 rings (SSSR count). The Morgan fingerprint density at radius 1 is 1.38 bits per heavy atom. The van der Waals surface area contributed by atoms with E-state index in [9.17, 15) is 27.9 Å². The molecule has 2 aromatic heterocycles. The number of methoxy groups -OCH3 is 1. The molecule has 0 amide bonds. The minimum absolute atomic E-state index is 0.0837. The zero-order chi connectivity index (χ0) is 15.8. The number of fused-ring (bicyclic) bond motifs is 1. The topological polar surface area (TPSA) is 71.9 Å². The molecule has 0 aliphatic heterocycles. The van der Waals surface area contributed by atoms with Gasteiger partial charge in [-0.15, -0.1) is 0 Å². The molecule has 0 spiro atoms. The summed E-state index contributed by atoms with van der Waals surface area (Å²) in [4.78, 5) is 23.1. The highest BCUT2D eigenvalue weighted by Crippen LogP contribution is 2.22. The maximum atomic E-state index is 12.6. The molecular weight excluding hydrogens is 293 g/mol. The molecule has 0 saturated heterocycles. The zero-order valence-electron chi connectivity index (χ0n) is 10.7. The maximum absolute atomic E-state index is 12.6. The van der Waals surface area contributed by atoms with Crippen molar-refractivity contribution in [2.75, 3.05) is 7.11 Å². The molecule has 0 radical (unpaired) electrons. The molecule has 9 heteroatoms. The number of rotatable bonds is 3. The molecular formula is C12H10F3N2O4+. The lowest BCUT2D eigenvalue weighted by molar-refractivity contribution is -0.700. The SMILES string of the molecule is COC(=O)C(=O)c1c(O)[n+](CC(F)(F)F)c2ccccn12. The second-order valence-electron chi connectivity index (χ2n) is 4.12. The number of halogens is 3. The minimum atomic E-state index is -4.61. The number of alkyl halides is 3. The number of pyridine rings is 1. The number of carbonyl (C=O) groups is 2. The summed E-state index contributed by atoms with van der Waals surface area (Å²) < 4.78 is 43.4. The fourth-order valence-corrected chi connectivity index (χ4v) is 1.92. The standard InChI is InChI=1S/C12H9F3N2O4/c1-21-11(20)9(18)8-10(19)17(6-12(13,14)15)7-4-2-3-5-16(7)8/h2-5H,6H2,1H3/p+1. The lowest BCUT2D eigenvalue weighted by atomic mass is 10.3. The highest BCUT2D eigenvalue weighted by molar-refractivity contribution is 6.40. The second kappa shape index (κ2) is 5.08. The van der Waals surface area contributed by atoms with Gasteiger partial charge in [-0.25, -0.2) is 4.79 Å². The number of hydrogen-bond acceptors (Lipinski definition) is 4. The highest BCUT2D eigenvalue weighted by Gasteiger charge is 2.40. The van der Waals surface area contributed by atoms with Crippen molar-refractivity contribution >= 4 is 17.4 Å². The Morgan fingerprint density at radius 3 is 2.62 bits per heavy atom. The van der Waals surface area contributed by atoms with Crippen molar-refractivity contribution in [3.05, 3.63) is 30.1 Å². The number of aromatic hydroxyl groups is 1. The van der Waals surface area contributed by atoms with Crippen LogP contribution < -0.4 is 4.57 Å². The molecule has 0 fully saturated rings. The highest BCUT2D eigenvalue weighted by atomic mass is 19.4. The van der Waals surface area contributed by atoms with Gasteiger partial charge in [-0.3, -0.25) is 4.79 Å². The second-order valence-corrected chi connectivity index (χ2v) is 4.12. The van der Waals surface area contributed by atoms with E-state index in [4.69, 9.17) is 0 Å². The van der Waals surface area contributed by atoms with Crippen LogP contribution in [0.4, 0.5) is 13.2 Å². The average molecular weight is 303 g/mol. The molecule has 0 aromatic carbocycles. The first-order valence-electron chi connectivity index (χ1n) is 5.67. The summed E-state index contributed by atoms with van der Waals surface area (Å²) in [6.07, 6.45) is -3.34. The normalized spacial score (nSPS) is 11.6. The van der Waals surface area contributed by atoms with Gasteiger partial charge in [0.05, 0.1) is 13.3 Å². The van der Waals surface area contributed by atoms with Crippen LogP contribution in [0.3, 0.4) is 0 Å². The van der Waals surface area contributed by atoms with Crippen LogP contribution in [-0.2, 0) is 16.1 Å². The number of ketones is 1.